The molecular weight excluding hydrogens is 481 g/mol. The van der Waals surface area contributed by atoms with E-state index in [1.165, 1.54) is 10.9 Å². The van der Waals surface area contributed by atoms with Gasteiger partial charge in [-0.25, -0.2) is 0 Å². The molecule has 4 rings (SSSR count). The first kappa shape index (κ1) is 24.9. The Balaban J connectivity index is 1.28. The molecule has 0 atom stereocenters. The van der Waals surface area contributed by atoms with E-state index in [9.17, 15) is 18.0 Å². The van der Waals surface area contributed by atoms with Gasteiger partial charge in [-0.15, -0.1) is 21.5 Å². The Bertz CT molecular complexity index is 1130. The quantitative estimate of drug-likeness (QED) is 0.500. The van der Waals surface area contributed by atoms with Crippen LogP contribution < -0.4 is 15.0 Å². The van der Waals surface area contributed by atoms with E-state index < -0.39 is 18.6 Å². The summed E-state index contributed by atoms with van der Waals surface area (Å²) >= 11 is 1.71. The summed E-state index contributed by atoms with van der Waals surface area (Å²) in [5.41, 5.74) is 2.00. The van der Waals surface area contributed by atoms with Gasteiger partial charge in [-0.3, -0.25) is 14.7 Å². The van der Waals surface area contributed by atoms with Crippen LogP contribution in [0.25, 0.3) is 11.1 Å². The molecule has 0 radical (unpaired) electrons. The number of aromatic nitrogens is 3. The number of carbonyl (C=O) groups is 1. The first-order valence-corrected chi connectivity index (χ1v) is 12.0. The lowest BCUT2D eigenvalue weighted by Crippen LogP contribution is -2.46. The molecule has 1 saturated heterocycles. The zero-order valence-corrected chi connectivity index (χ0v) is 19.9. The van der Waals surface area contributed by atoms with Crippen molar-refractivity contribution in [1.82, 2.24) is 25.4 Å². The number of alkyl halides is 3. The molecule has 0 spiro atoms. The molecule has 0 aromatic carbocycles. The van der Waals surface area contributed by atoms with Crippen LogP contribution in [0.4, 0.5) is 19.0 Å². The average molecular weight is 507 g/mol. The van der Waals surface area contributed by atoms with Crippen molar-refractivity contribution in [2.75, 3.05) is 44.2 Å². The number of amides is 1. The van der Waals surface area contributed by atoms with Gasteiger partial charge in [0, 0.05) is 49.4 Å². The number of halogens is 3. The second-order valence-corrected chi connectivity index (χ2v) is 8.98. The number of carbonyl (C=O) groups excluding carboxylic acids is 1. The summed E-state index contributed by atoms with van der Waals surface area (Å²) in [6, 6.07) is 7.18. The van der Waals surface area contributed by atoms with Crippen LogP contribution in [0.1, 0.15) is 22.3 Å². The maximum atomic E-state index is 12.3. The fourth-order valence-corrected chi connectivity index (χ4v) is 4.61. The van der Waals surface area contributed by atoms with Crippen molar-refractivity contribution in [3.63, 3.8) is 0 Å². The monoisotopic (exact) mass is 506 g/mol. The molecule has 12 heteroatoms. The molecule has 1 aliphatic heterocycles. The summed E-state index contributed by atoms with van der Waals surface area (Å²) in [6.07, 6.45) is -0.932. The SMILES string of the molecule is CCOc1cncc(-c2csc(CN3CCN(c4ccc(C(=O)NCC(F)(F)F)nn4)CC3)c2)c1. The molecule has 0 bridgehead atoms. The van der Waals surface area contributed by atoms with Gasteiger partial charge in [0.05, 0.1) is 12.8 Å². The summed E-state index contributed by atoms with van der Waals surface area (Å²) in [4.78, 5) is 21.7. The zero-order valence-electron chi connectivity index (χ0n) is 19.1. The molecule has 3 aromatic rings. The normalized spacial score (nSPS) is 14.7. The first-order valence-electron chi connectivity index (χ1n) is 11.1. The topological polar surface area (TPSA) is 83.5 Å². The van der Waals surface area contributed by atoms with Crippen LogP contribution in [-0.4, -0.2) is 71.5 Å². The molecule has 1 amide bonds. The minimum absolute atomic E-state index is 0.146. The highest BCUT2D eigenvalue weighted by molar-refractivity contribution is 7.10. The number of thiophene rings is 1. The second kappa shape index (κ2) is 11.0. The number of nitrogens with zero attached hydrogens (tertiary/aromatic N) is 5. The number of anilines is 1. The maximum Gasteiger partial charge on any atom is 0.405 e. The predicted octanol–water partition coefficient (Wildman–Crippen LogP) is 3.61. The van der Waals surface area contributed by atoms with E-state index in [1.807, 2.05) is 24.1 Å². The van der Waals surface area contributed by atoms with Gasteiger partial charge in [-0.05, 0) is 42.1 Å². The molecule has 1 N–H and O–H groups in total. The highest BCUT2D eigenvalue weighted by atomic mass is 32.1. The van der Waals surface area contributed by atoms with Crippen molar-refractivity contribution in [2.24, 2.45) is 0 Å². The third-order valence-corrected chi connectivity index (χ3v) is 6.34. The van der Waals surface area contributed by atoms with Crippen molar-refractivity contribution in [3.05, 3.63) is 52.6 Å². The molecule has 35 heavy (non-hydrogen) atoms. The minimum Gasteiger partial charge on any atom is -0.492 e. The molecule has 186 valence electrons. The van der Waals surface area contributed by atoms with Crippen LogP contribution >= 0.6 is 11.3 Å². The summed E-state index contributed by atoms with van der Waals surface area (Å²) in [5.74, 6) is 0.450. The maximum absolute atomic E-state index is 12.3. The fraction of sp³-hybridized carbons (Fsp3) is 0.391. The molecule has 4 heterocycles. The molecule has 3 aromatic heterocycles. The molecular formula is C23H25F3N6O2S. The van der Waals surface area contributed by atoms with E-state index in [0.717, 1.165) is 49.6 Å². The second-order valence-electron chi connectivity index (χ2n) is 7.98. The fourth-order valence-electron chi connectivity index (χ4n) is 3.68. The van der Waals surface area contributed by atoms with Gasteiger partial charge in [0.15, 0.2) is 11.5 Å². The number of hydrogen-bond acceptors (Lipinski definition) is 8. The number of ether oxygens (including phenoxy) is 1. The van der Waals surface area contributed by atoms with Crippen LogP contribution in [-0.2, 0) is 6.54 Å². The number of rotatable bonds is 8. The number of pyridine rings is 1. The van der Waals surface area contributed by atoms with Gasteiger partial charge in [0.25, 0.3) is 5.91 Å². The third kappa shape index (κ3) is 6.89. The Morgan fingerprint density at radius 2 is 1.91 bits per heavy atom. The van der Waals surface area contributed by atoms with Crippen molar-refractivity contribution in [2.45, 2.75) is 19.6 Å². The van der Waals surface area contributed by atoms with Crippen LogP contribution in [0.3, 0.4) is 0 Å². The summed E-state index contributed by atoms with van der Waals surface area (Å²) in [6.45, 7) is 5.07. The first-order chi connectivity index (χ1) is 16.8. The summed E-state index contributed by atoms with van der Waals surface area (Å²) in [7, 11) is 0. The number of piperazine rings is 1. The highest BCUT2D eigenvalue weighted by Crippen LogP contribution is 2.28. The van der Waals surface area contributed by atoms with Crippen LogP contribution in [0, 0.1) is 0 Å². The van der Waals surface area contributed by atoms with Crippen molar-refractivity contribution in [1.29, 1.82) is 0 Å². The highest BCUT2D eigenvalue weighted by Gasteiger charge is 2.28. The third-order valence-electron chi connectivity index (χ3n) is 5.42. The Hall–Kier alpha value is -3.25. The molecule has 8 nitrogen and oxygen atoms in total. The van der Waals surface area contributed by atoms with E-state index in [1.54, 1.807) is 28.9 Å². The molecule has 0 saturated carbocycles. The van der Waals surface area contributed by atoms with Crippen molar-refractivity contribution < 1.29 is 22.7 Å². The summed E-state index contributed by atoms with van der Waals surface area (Å²) < 4.78 is 42.3. The van der Waals surface area contributed by atoms with Gasteiger partial charge in [0.1, 0.15) is 12.3 Å². The van der Waals surface area contributed by atoms with E-state index >= 15 is 0 Å². The van der Waals surface area contributed by atoms with Crippen LogP contribution in [0.2, 0.25) is 0 Å². The Morgan fingerprint density at radius 3 is 2.60 bits per heavy atom. The predicted molar refractivity (Wildman–Crippen MR) is 127 cm³/mol. The van der Waals surface area contributed by atoms with Crippen molar-refractivity contribution in [3.8, 4) is 16.9 Å². The van der Waals surface area contributed by atoms with Gasteiger partial charge in [0.2, 0.25) is 0 Å². The van der Waals surface area contributed by atoms with Crippen LogP contribution in [0.15, 0.2) is 42.0 Å². The lowest BCUT2D eigenvalue weighted by atomic mass is 10.1. The standard InChI is InChI=1S/C23H25F3N6O2S/c1-2-34-18-9-16(11-27-12-18)17-10-19(35-14-17)13-31-5-7-32(8-6-31)21-4-3-20(29-30-21)22(33)28-15-23(24,25)26/h3-4,9-12,14H,2,5-8,13,15H2,1H3,(H,28,33). The van der Waals surface area contributed by atoms with Gasteiger partial charge >= 0.3 is 6.18 Å². The number of nitrogens with one attached hydrogen (secondary N) is 1. The van der Waals surface area contributed by atoms with Crippen molar-refractivity contribution >= 4 is 23.1 Å². The van der Waals surface area contributed by atoms with Crippen LogP contribution in [0.5, 0.6) is 5.75 Å². The van der Waals surface area contributed by atoms with E-state index in [0.29, 0.717) is 12.4 Å². The lowest BCUT2D eigenvalue weighted by Gasteiger charge is -2.34. The number of hydrogen-bond donors (Lipinski definition) is 1. The average Bonchev–Trinajstić information content (AvgIpc) is 3.32. The molecule has 0 aliphatic carbocycles. The molecule has 1 fully saturated rings. The van der Waals surface area contributed by atoms with Gasteiger partial charge in [-0.1, -0.05) is 0 Å². The minimum atomic E-state index is -4.47. The Morgan fingerprint density at radius 1 is 1.11 bits per heavy atom. The van der Waals surface area contributed by atoms with Gasteiger partial charge in [-0.2, -0.15) is 13.2 Å². The smallest absolute Gasteiger partial charge is 0.405 e. The zero-order chi connectivity index (χ0) is 24.8. The van der Waals surface area contributed by atoms with Gasteiger partial charge < -0.3 is 15.0 Å². The van der Waals surface area contributed by atoms with E-state index in [4.69, 9.17) is 4.74 Å². The Labute approximate surface area is 204 Å². The lowest BCUT2D eigenvalue weighted by molar-refractivity contribution is -0.123. The molecule has 0 unspecified atom stereocenters. The Kier molecular flexibility index (Phi) is 7.81. The molecule has 1 aliphatic rings. The van der Waals surface area contributed by atoms with E-state index in [-0.39, 0.29) is 5.69 Å². The summed E-state index contributed by atoms with van der Waals surface area (Å²) in [5, 5.41) is 11.7. The largest absolute Gasteiger partial charge is 0.492 e. The van der Waals surface area contributed by atoms with E-state index in [2.05, 4.69) is 31.5 Å².